The Bertz CT molecular complexity index is 607. The topological polar surface area (TPSA) is 64.6 Å². The number of rotatable bonds is 9. The first-order chi connectivity index (χ1) is 11.8. The van der Waals surface area contributed by atoms with Crippen LogP contribution in [0.1, 0.15) is 32.8 Å². The second kappa shape index (κ2) is 10.6. The monoisotopic (exact) mass is 387 g/mol. The summed E-state index contributed by atoms with van der Waals surface area (Å²) in [6.45, 7) is 8.11. The largest absolute Gasteiger partial charge is 0.495 e. The maximum Gasteiger partial charge on any atom is 0.319 e. The number of hydrogen-bond acceptors (Lipinski definition) is 5. The van der Waals surface area contributed by atoms with Crippen LogP contribution in [0.4, 0.5) is 5.69 Å². The van der Waals surface area contributed by atoms with Gasteiger partial charge in [0.15, 0.2) is 0 Å². The van der Waals surface area contributed by atoms with Crippen molar-refractivity contribution < 1.29 is 19.1 Å². The van der Waals surface area contributed by atoms with Gasteiger partial charge in [0.25, 0.3) is 0 Å². The lowest BCUT2D eigenvalue weighted by Gasteiger charge is -2.16. The SMILES string of the molecule is CCC(SCC(=O)Nc1cc(C)c(Cl)cc1OC)C(=O)OCC(C)C. The molecule has 0 saturated carbocycles. The van der Waals surface area contributed by atoms with Crippen molar-refractivity contribution in [2.75, 3.05) is 24.8 Å². The highest BCUT2D eigenvalue weighted by molar-refractivity contribution is 8.01. The zero-order valence-corrected chi connectivity index (χ0v) is 16.9. The van der Waals surface area contributed by atoms with Crippen LogP contribution in [-0.2, 0) is 14.3 Å². The fourth-order valence-corrected chi connectivity index (χ4v) is 3.00. The molecule has 0 aliphatic rings. The highest BCUT2D eigenvalue weighted by Gasteiger charge is 2.21. The molecule has 0 aromatic heterocycles. The number of esters is 1. The standard InChI is InChI=1S/C18H26ClNO4S/c1-6-16(18(22)24-9-11(2)3)25-10-17(21)20-14-7-12(4)13(19)8-15(14)23-5/h7-8,11,16H,6,9-10H2,1-5H3,(H,20,21). The van der Waals surface area contributed by atoms with Crippen molar-refractivity contribution in [3.05, 3.63) is 22.7 Å². The van der Waals surface area contributed by atoms with E-state index in [1.54, 1.807) is 12.1 Å². The average Bonchev–Trinajstić information content (AvgIpc) is 2.56. The lowest BCUT2D eigenvalue weighted by Crippen LogP contribution is -2.24. The Kier molecular flexibility index (Phi) is 9.14. The van der Waals surface area contributed by atoms with Crippen LogP contribution in [0.3, 0.4) is 0 Å². The third-order valence-electron chi connectivity index (χ3n) is 3.36. The van der Waals surface area contributed by atoms with Crippen molar-refractivity contribution in [3.8, 4) is 5.75 Å². The van der Waals surface area contributed by atoms with Gasteiger partial charge in [-0.3, -0.25) is 9.59 Å². The average molecular weight is 388 g/mol. The Morgan fingerprint density at radius 2 is 2.00 bits per heavy atom. The van der Waals surface area contributed by atoms with E-state index in [9.17, 15) is 9.59 Å². The number of carbonyl (C=O) groups excluding carboxylic acids is 2. The summed E-state index contributed by atoms with van der Waals surface area (Å²) in [6, 6.07) is 3.43. The Labute approximate surface area is 158 Å². The molecule has 0 fully saturated rings. The molecule has 1 amide bonds. The lowest BCUT2D eigenvalue weighted by atomic mass is 10.2. The molecule has 0 aliphatic heterocycles. The van der Waals surface area contributed by atoms with E-state index in [0.29, 0.717) is 29.5 Å². The van der Waals surface area contributed by atoms with Crippen LogP contribution < -0.4 is 10.1 Å². The molecular weight excluding hydrogens is 362 g/mol. The normalized spacial score (nSPS) is 12.0. The molecule has 1 aromatic carbocycles. The minimum atomic E-state index is -0.349. The summed E-state index contributed by atoms with van der Waals surface area (Å²) in [4.78, 5) is 24.2. The van der Waals surface area contributed by atoms with Gasteiger partial charge in [-0.25, -0.2) is 0 Å². The maximum absolute atomic E-state index is 12.2. The number of thioether (sulfide) groups is 1. The van der Waals surface area contributed by atoms with E-state index in [-0.39, 0.29) is 28.8 Å². The molecule has 1 unspecified atom stereocenters. The predicted octanol–water partition coefficient (Wildman–Crippen LogP) is 4.31. The number of ether oxygens (including phenoxy) is 2. The summed E-state index contributed by atoms with van der Waals surface area (Å²) in [6.07, 6.45) is 0.609. The Hall–Kier alpha value is -1.40. The van der Waals surface area contributed by atoms with Gasteiger partial charge in [0, 0.05) is 11.1 Å². The molecule has 0 heterocycles. The quantitative estimate of drug-likeness (QED) is 0.639. The number of amides is 1. The third kappa shape index (κ3) is 7.16. The summed E-state index contributed by atoms with van der Waals surface area (Å²) in [5.41, 5.74) is 1.40. The molecule has 1 atom stereocenters. The number of carbonyl (C=O) groups is 2. The number of hydrogen-bond donors (Lipinski definition) is 1. The number of aryl methyl sites for hydroxylation is 1. The highest BCUT2D eigenvalue weighted by atomic mass is 35.5. The second-order valence-corrected chi connectivity index (χ2v) is 7.68. The molecule has 25 heavy (non-hydrogen) atoms. The van der Waals surface area contributed by atoms with E-state index in [2.05, 4.69) is 5.32 Å². The molecule has 140 valence electrons. The lowest BCUT2D eigenvalue weighted by molar-refractivity contribution is -0.144. The van der Waals surface area contributed by atoms with Crippen LogP contribution in [-0.4, -0.2) is 36.6 Å². The Balaban J connectivity index is 2.61. The predicted molar refractivity (Wildman–Crippen MR) is 104 cm³/mol. The van der Waals surface area contributed by atoms with E-state index in [1.165, 1.54) is 18.9 Å². The van der Waals surface area contributed by atoms with Gasteiger partial charge in [-0.2, -0.15) is 0 Å². The first kappa shape index (κ1) is 21.6. The van der Waals surface area contributed by atoms with E-state index < -0.39 is 0 Å². The van der Waals surface area contributed by atoms with Crippen LogP contribution in [0.5, 0.6) is 5.75 Å². The van der Waals surface area contributed by atoms with Gasteiger partial charge >= 0.3 is 5.97 Å². The molecule has 1 N–H and O–H groups in total. The van der Waals surface area contributed by atoms with E-state index in [4.69, 9.17) is 21.1 Å². The number of halogens is 1. The molecule has 1 rings (SSSR count). The molecule has 0 saturated heterocycles. The maximum atomic E-state index is 12.2. The molecule has 5 nitrogen and oxygen atoms in total. The van der Waals surface area contributed by atoms with Crippen LogP contribution in [0.15, 0.2) is 12.1 Å². The van der Waals surface area contributed by atoms with Gasteiger partial charge in [-0.15, -0.1) is 11.8 Å². The molecular formula is C18H26ClNO4S. The van der Waals surface area contributed by atoms with Crippen LogP contribution in [0.2, 0.25) is 5.02 Å². The zero-order chi connectivity index (χ0) is 19.0. The van der Waals surface area contributed by atoms with E-state index in [1.807, 2.05) is 27.7 Å². The first-order valence-corrected chi connectivity index (χ1v) is 9.63. The van der Waals surface area contributed by atoms with Gasteiger partial charge in [-0.05, 0) is 30.9 Å². The summed E-state index contributed by atoms with van der Waals surface area (Å²) < 4.78 is 10.5. The smallest absolute Gasteiger partial charge is 0.319 e. The van der Waals surface area contributed by atoms with Crippen molar-refractivity contribution >= 4 is 40.9 Å². The summed E-state index contributed by atoms with van der Waals surface area (Å²) in [7, 11) is 1.52. The van der Waals surface area contributed by atoms with Crippen molar-refractivity contribution in [2.45, 2.75) is 39.4 Å². The van der Waals surface area contributed by atoms with E-state index >= 15 is 0 Å². The number of anilines is 1. The second-order valence-electron chi connectivity index (χ2n) is 6.08. The minimum Gasteiger partial charge on any atom is -0.495 e. The molecule has 7 heteroatoms. The van der Waals surface area contributed by atoms with Crippen LogP contribution >= 0.6 is 23.4 Å². The van der Waals surface area contributed by atoms with Gasteiger partial charge in [0.1, 0.15) is 11.0 Å². The zero-order valence-electron chi connectivity index (χ0n) is 15.3. The minimum absolute atomic E-state index is 0.153. The fourth-order valence-electron chi connectivity index (χ4n) is 1.99. The van der Waals surface area contributed by atoms with Crippen molar-refractivity contribution in [1.29, 1.82) is 0 Å². The van der Waals surface area contributed by atoms with Crippen molar-refractivity contribution in [1.82, 2.24) is 0 Å². The Morgan fingerprint density at radius 1 is 1.32 bits per heavy atom. The summed E-state index contributed by atoms with van der Waals surface area (Å²) in [5.74, 6) is 0.460. The van der Waals surface area contributed by atoms with Gasteiger partial charge < -0.3 is 14.8 Å². The first-order valence-electron chi connectivity index (χ1n) is 8.20. The molecule has 0 bridgehead atoms. The summed E-state index contributed by atoms with van der Waals surface area (Å²) in [5, 5.41) is 3.03. The van der Waals surface area contributed by atoms with Gasteiger partial charge in [0.2, 0.25) is 5.91 Å². The van der Waals surface area contributed by atoms with Gasteiger partial charge in [0.05, 0.1) is 25.2 Å². The van der Waals surface area contributed by atoms with Crippen LogP contribution in [0.25, 0.3) is 0 Å². The molecule has 1 aromatic rings. The van der Waals surface area contributed by atoms with Crippen molar-refractivity contribution in [2.24, 2.45) is 5.92 Å². The number of methoxy groups -OCH3 is 1. The summed E-state index contributed by atoms with van der Waals surface area (Å²) >= 11 is 7.34. The van der Waals surface area contributed by atoms with Crippen molar-refractivity contribution in [3.63, 3.8) is 0 Å². The number of benzene rings is 1. The Morgan fingerprint density at radius 3 is 2.56 bits per heavy atom. The molecule has 0 radical (unpaired) electrons. The van der Waals surface area contributed by atoms with Crippen LogP contribution in [0, 0.1) is 12.8 Å². The third-order valence-corrected chi connectivity index (χ3v) is 5.13. The van der Waals surface area contributed by atoms with E-state index in [0.717, 1.165) is 5.56 Å². The van der Waals surface area contributed by atoms with Gasteiger partial charge in [-0.1, -0.05) is 32.4 Å². The molecule has 0 aliphatic carbocycles. The fraction of sp³-hybridized carbons (Fsp3) is 0.556. The number of nitrogens with one attached hydrogen (secondary N) is 1. The molecule has 0 spiro atoms. The highest BCUT2D eigenvalue weighted by Crippen LogP contribution is 2.31.